The first-order valence-corrected chi connectivity index (χ1v) is 10.6. The molecule has 0 saturated carbocycles. The summed E-state index contributed by atoms with van der Waals surface area (Å²) >= 11 is 0. The second kappa shape index (κ2) is 6.20. The van der Waals surface area contributed by atoms with E-state index in [0.717, 1.165) is 11.2 Å². The third kappa shape index (κ3) is 2.32. The van der Waals surface area contributed by atoms with Crippen molar-refractivity contribution in [3.63, 3.8) is 0 Å². The van der Waals surface area contributed by atoms with Crippen LogP contribution >= 0.6 is 0 Å². The zero-order valence-electron chi connectivity index (χ0n) is 16.8. The van der Waals surface area contributed by atoms with Gasteiger partial charge in [-0.2, -0.15) is 0 Å². The highest BCUT2D eigenvalue weighted by molar-refractivity contribution is 6.26. The van der Waals surface area contributed by atoms with Crippen molar-refractivity contribution in [1.82, 2.24) is 0 Å². The van der Waals surface area contributed by atoms with Crippen molar-refractivity contribution in [1.29, 1.82) is 0 Å². The van der Waals surface area contributed by atoms with Crippen LogP contribution in [-0.2, 0) is 0 Å². The number of furan rings is 1. The van der Waals surface area contributed by atoms with Crippen LogP contribution in [0.2, 0.25) is 0 Å². The molecular formula is C30H18O. The highest BCUT2D eigenvalue weighted by Crippen LogP contribution is 2.44. The number of benzene rings is 6. The van der Waals surface area contributed by atoms with E-state index in [9.17, 15) is 0 Å². The molecule has 0 spiro atoms. The highest BCUT2D eigenvalue weighted by Gasteiger charge is 2.18. The standard InChI is InChI=1S/C30H18O/c1-4-11-22-19(8-1)16-17-27-29(22)30-25(14-7-15-26(30)31-27)28-23-12-5-2-9-20(23)18-21-10-3-6-13-24(21)28/h1-18H. The van der Waals surface area contributed by atoms with E-state index in [4.69, 9.17) is 4.42 Å². The van der Waals surface area contributed by atoms with E-state index in [1.54, 1.807) is 0 Å². The molecule has 31 heavy (non-hydrogen) atoms. The molecular weight excluding hydrogens is 376 g/mol. The molecule has 0 amide bonds. The first-order valence-electron chi connectivity index (χ1n) is 10.6. The van der Waals surface area contributed by atoms with Gasteiger partial charge in [-0.05, 0) is 61.6 Å². The molecule has 7 aromatic rings. The molecule has 0 unspecified atom stereocenters. The van der Waals surface area contributed by atoms with Gasteiger partial charge in [0.1, 0.15) is 11.2 Å². The lowest BCUT2D eigenvalue weighted by molar-refractivity contribution is 0.669. The Labute approximate surface area is 179 Å². The zero-order valence-corrected chi connectivity index (χ0v) is 16.8. The van der Waals surface area contributed by atoms with Crippen molar-refractivity contribution in [2.24, 2.45) is 0 Å². The van der Waals surface area contributed by atoms with E-state index in [1.165, 1.54) is 54.2 Å². The first kappa shape index (κ1) is 16.7. The lowest BCUT2D eigenvalue weighted by atomic mass is 9.89. The molecule has 0 aliphatic rings. The second-order valence-corrected chi connectivity index (χ2v) is 8.13. The summed E-state index contributed by atoms with van der Waals surface area (Å²) < 4.78 is 6.35. The molecule has 0 aliphatic carbocycles. The van der Waals surface area contributed by atoms with Gasteiger partial charge in [0.2, 0.25) is 0 Å². The summed E-state index contributed by atoms with van der Waals surface area (Å²) in [5, 5.41) is 9.89. The Bertz CT molecular complexity index is 1730. The molecule has 1 aromatic heterocycles. The van der Waals surface area contributed by atoms with Crippen LogP contribution < -0.4 is 0 Å². The lowest BCUT2D eigenvalue weighted by Gasteiger charge is -2.13. The van der Waals surface area contributed by atoms with Crippen LogP contribution in [0.4, 0.5) is 0 Å². The van der Waals surface area contributed by atoms with Crippen LogP contribution in [0.5, 0.6) is 0 Å². The van der Waals surface area contributed by atoms with Gasteiger partial charge in [0.15, 0.2) is 0 Å². The van der Waals surface area contributed by atoms with E-state index < -0.39 is 0 Å². The van der Waals surface area contributed by atoms with Crippen LogP contribution in [0.1, 0.15) is 0 Å². The van der Waals surface area contributed by atoms with E-state index >= 15 is 0 Å². The van der Waals surface area contributed by atoms with Gasteiger partial charge in [-0.25, -0.2) is 0 Å². The molecule has 0 fully saturated rings. The van der Waals surface area contributed by atoms with Crippen LogP contribution in [-0.4, -0.2) is 0 Å². The predicted molar refractivity (Wildman–Crippen MR) is 132 cm³/mol. The first-order chi connectivity index (χ1) is 15.4. The summed E-state index contributed by atoms with van der Waals surface area (Å²) in [7, 11) is 0. The van der Waals surface area contributed by atoms with Gasteiger partial charge in [0.25, 0.3) is 0 Å². The Kier molecular flexibility index (Phi) is 3.33. The van der Waals surface area contributed by atoms with Gasteiger partial charge in [-0.15, -0.1) is 0 Å². The number of hydrogen-bond donors (Lipinski definition) is 0. The summed E-state index contributed by atoms with van der Waals surface area (Å²) in [5.74, 6) is 0. The molecule has 1 nitrogen and oxygen atoms in total. The van der Waals surface area contributed by atoms with Gasteiger partial charge in [-0.1, -0.05) is 91.0 Å². The molecule has 144 valence electrons. The number of fused-ring (bicyclic) bond motifs is 7. The molecule has 0 saturated heterocycles. The van der Waals surface area contributed by atoms with Gasteiger partial charge in [0, 0.05) is 10.8 Å². The second-order valence-electron chi connectivity index (χ2n) is 8.13. The van der Waals surface area contributed by atoms with Gasteiger partial charge in [-0.3, -0.25) is 0 Å². The van der Waals surface area contributed by atoms with Crippen molar-refractivity contribution >= 4 is 54.3 Å². The lowest BCUT2D eigenvalue weighted by Crippen LogP contribution is -1.86. The SMILES string of the molecule is c1ccc2c(-c3cccc4oc5ccc6ccccc6c5c34)c3ccccc3cc2c1. The summed E-state index contributed by atoms with van der Waals surface area (Å²) in [6.07, 6.45) is 0. The highest BCUT2D eigenvalue weighted by atomic mass is 16.3. The maximum Gasteiger partial charge on any atom is 0.136 e. The van der Waals surface area contributed by atoms with E-state index in [1.807, 2.05) is 0 Å². The topological polar surface area (TPSA) is 13.1 Å². The molecule has 0 atom stereocenters. The fraction of sp³-hybridized carbons (Fsp3) is 0. The summed E-state index contributed by atoms with van der Waals surface area (Å²) in [6, 6.07) is 38.9. The quantitative estimate of drug-likeness (QED) is 0.254. The average molecular weight is 394 g/mol. The van der Waals surface area contributed by atoms with Crippen molar-refractivity contribution in [3.05, 3.63) is 109 Å². The zero-order chi connectivity index (χ0) is 20.4. The maximum absolute atomic E-state index is 6.35. The molecule has 6 aromatic carbocycles. The fourth-order valence-electron chi connectivity index (χ4n) is 5.10. The van der Waals surface area contributed by atoms with Crippen LogP contribution in [0.15, 0.2) is 114 Å². The fourth-order valence-corrected chi connectivity index (χ4v) is 5.10. The van der Waals surface area contributed by atoms with E-state index in [2.05, 4.69) is 109 Å². The Hall–Kier alpha value is -4.10. The Balaban J connectivity index is 1.76. The van der Waals surface area contributed by atoms with Crippen molar-refractivity contribution < 1.29 is 4.42 Å². The third-order valence-electron chi connectivity index (χ3n) is 6.43. The Morgan fingerprint density at radius 2 is 1.03 bits per heavy atom. The van der Waals surface area contributed by atoms with Crippen LogP contribution in [0.25, 0.3) is 65.4 Å². The summed E-state index contributed by atoms with van der Waals surface area (Å²) in [4.78, 5) is 0. The molecule has 1 heterocycles. The van der Waals surface area contributed by atoms with Gasteiger partial charge in [0.05, 0.1) is 0 Å². The Morgan fingerprint density at radius 1 is 0.419 bits per heavy atom. The molecule has 0 aliphatic heterocycles. The Morgan fingerprint density at radius 3 is 1.77 bits per heavy atom. The number of hydrogen-bond acceptors (Lipinski definition) is 1. The summed E-state index contributed by atoms with van der Waals surface area (Å²) in [6.45, 7) is 0. The third-order valence-corrected chi connectivity index (χ3v) is 6.43. The molecule has 0 radical (unpaired) electrons. The van der Waals surface area contributed by atoms with E-state index in [-0.39, 0.29) is 0 Å². The minimum atomic E-state index is 0.931. The minimum absolute atomic E-state index is 0.931. The van der Waals surface area contributed by atoms with Crippen LogP contribution in [0, 0.1) is 0 Å². The molecule has 0 N–H and O–H groups in total. The van der Waals surface area contributed by atoms with Crippen molar-refractivity contribution in [2.75, 3.05) is 0 Å². The largest absolute Gasteiger partial charge is 0.456 e. The number of rotatable bonds is 1. The predicted octanol–water partition coefficient (Wildman–Crippen LogP) is 8.71. The minimum Gasteiger partial charge on any atom is -0.456 e. The average Bonchev–Trinajstić information content (AvgIpc) is 3.22. The molecule has 1 heteroatoms. The molecule has 7 rings (SSSR count). The van der Waals surface area contributed by atoms with Gasteiger partial charge >= 0.3 is 0 Å². The smallest absolute Gasteiger partial charge is 0.136 e. The normalized spacial score (nSPS) is 11.9. The monoisotopic (exact) mass is 394 g/mol. The maximum atomic E-state index is 6.35. The van der Waals surface area contributed by atoms with Crippen molar-refractivity contribution in [2.45, 2.75) is 0 Å². The van der Waals surface area contributed by atoms with E-state index in [0.29, 0.717) is 0 Å². The summed E-state index contributed by atoms with van der Waals surface area (Å²) in [5.41, 5.74) is 4.36. The van der Waals surface area contributed by atoms with Gasteiger partial charge < -0.3 is 4.42 Å². The molecule has 0 bridgehead atoms. The van der Waals surface area contributed by atoms with Crippen LogP contribution in [0.3, 0.4) is 0 Å². The van der Waals surface area contributed by atoms with Crippen molar-refractivity contribution in [3.8, 4) is 11.1 Å².